The molecule has 2 heteroatoms. The SMILES string of the molecule is CCOCCCCCCCCCCC(=O)C1c2ccccc2-c2ccccc21. The van der Waals surface area contributed by atoms with E-state index in [1.54, 1.807) is 0 Å². The van der Waals surface area contributed by atoms with E-state index in [1.807, 2.05) is 0 Å². The Morgan fingerprint density at radius 2 is 1.25 bits per heavy atom. The molecular weight excluding hydrogens is 344 g/mol. The molecule has 0 fully saturated rings. The molecule has 2 nitrogen and oxygen atoms in total. The number of ether oxygens (including phenoxy) is 1. The maximum absolute atomic E-state index is 13.0. The Hall–Kier alpha value is -1.93. The number of rotatable bonds is 13. The summed E-state index contributed by atoms with van der Waals surface area (Å²) in [6.07, 6.45) is 10.5. The molecule has 0 amide bonds. The number of hydrogen-bond donors (Lipinski definition) is 0. The van der Waals surface area contributed by atoms with Crippen molar-refractivity contribution in [1.29, 1.82) is 0 Å². The molecule has 0 saturated heterocycles. The first-order chi connectivity index (χ1) is 13.8. The predicted octanol–water partition coefficient (Wildman–Crippen LogP) is 6.92. The Labute approximate surface area is 170 Å². The highest BCUT2D eigenvalue weighted by Crippen LogP contribution is 2.45. The van der Waals surface area contributed by atoms with Crippen LogP contribution in [-0.2, 0) is 9.53 Å². The molecule has 0 aliphatic heterocycles. The first kappa shape index (κ1) is 20.8. The van der Waals surface area contributed by atoms with Crippen molar-refractivity contribution in [2.75, 3.05) is 13.2 Å². The molecule has 0 unspecified atom stereocenters. The second kappa shape index (κ2) is 11.2. The average Bonchev–Trinajstić information content (AvgIpc) is 3.06. The number of benzene rings is 2. The monoisotopic (exact) mass is 378 g/mol. The number of carbonyl (C=O) groups excluding carboxylic acids is 1. The van der Waals surface area contributed by atoms with Crippen LogP contribution < -0.4 is 0 Å². The number of unbranched alkanes of at least 4 members (excludes halogenated alkanes) is 7. The molecule has 0 bridgehead atoms. The Morgan fingerprint density at radius 3 is 1.82 bits per heavy atom. The van der Waals surface area contributed by atoms with E-state index in [-0.39, 0.29) is 5.92 Å². The normalized spacial score (nSPS) is 12.8. The van der Waals surface area contributed by atoms with Crippen LogP contribution >= 0.6 is 0 Å². The maximum Gasteiger partial charge on any atom is 0.144 e. The number of hydrogen-bond acceptors (Lipinski definition) is 2. The molecule has 0 aromatic heterocycles. The van der Waals surface area contributed by atoms with Gasteiger partial charge in [-0.25, -0.2) is 0 Å². The van der Waals surface area contributed by atoms with Crippen LogP contribution in [-0.4, -0.2) is 19.0 Å². The lowest BCUT2D eigenvalue weighted by atomic mass is 9.90. The van der Waals surface area contributed by atoms with Crippen molar-refractivity contribution in [2.24, 2.45) is 0 Å². The molecule has 0 spiro atoms. The lowest BCUT2D eigenvalue weighted by Crippen LogP contribution is -2.11. The molecule has 150 valence electrons. The summed E-state index contributed by atoms with van der Waals surface area (Å²) in [6, 6.07) is 16.8. The van der Waals surface area contributed by atoms with Crippen LogP contribution in [0.15, 0.2) is 48.5 Å². The lowest BCUT2D eigenvalue weighted by Gasteiger charge is -2.12. The van der Waals surface area contributed by atoms with Crippen LogP contribution in [0.25, 0.3) is 11.1 Å². The summed E-state index contributed by atoms with van der Waals surface area (Å²) < 4.78 is 5.37. The van der Waals surface area contributed by atoms with E-state index in [1.165, 1.54) is 67.2 Å². The lowest BCUT2D eigenvalue weighted by molar-refractivity contribution is -0.119. The van der Waals surface area contributed by atoms with Gasteiger partial charge in [0.1, 0.15) is 5.78 Å². The highest BCUT2D eigenvalue weighted by atomic mass is 16.5. The number of carbonyl (C=O) groups is 1. The van der Waals surface area contributed by atoms with Gasteiger partial charge >= 0.3 is 0 Å². The zero-order chi connectivity index (χ0) is 19.6. The Balaban J connectivity index is 1.38. The van der Waals surface area contributed by atoms with Crippen molar-refractivity contribution in [3.05, 3.63) is 59.7 Å². The number of ketones is 1. The summed E-state index contributed by atoms with van der Waals surface area (Å²) in [5.41, 5.74) is 4.86. The van der Waals surface area contributed by atoms with Gasteiger partial charge in [0.2, 0.25) is 0 Å². The summed E-state index contributed by atoms with van der Waals surface area (Å²) in [6.45, 7) is 3.79. The zero-order valence-corrected chi connectivity index (χ0v) is 17.3. The average molecular weight is 379 g/mol. The van der Waals surface area contributed by atoms with Gasteiger partial charge in [0.05, 0.1) is 5.92 Å². The minimum Gasteiger partial charge on any atom is -0.382 e. The number of Topliss-reactive ketones (excluding diaryl/α,β-unsaturated/α-hetero) is 1. The second-order valence-corrected chi connectivity index (χ2v) is 7.85. The molecule has 28 heavy (non-hydrogen) atoms. The van der Waals surface area contributed by atoms with Crippen LogP contribution in [0.4, 0.5) is 0 Å². The third kappa shape index (κ3) is 5.32. The van der Waals surface area contributed by atoms with Crippen molar-refractivity contribution in [3.8, 4) is 11.1 Å². The van der Waals surface area contributed by atoms with Gasteiger partial charge < -0.3 is 4.74 Å². The van der Waals surface area contributed by atoms with Crippen LogP contribution in [0, 0.1) is 0 Å². The Kier molecular flexibility index (Phi) is 8.29. The third-order valence-electron chi connectivity index (χ3n) is 5.82. The molecule has 1 aliphatic rings. The molecule has 0 atom stereocenters. The molecule has 0 saturated carbocycles. The molecule has 0 heterocycles. The fraction of sp³-hybridized carbons (Fsp3) is 0.500. The highest BCUT2D eigenvalue weighted by Gasteiger charge is 2.32. The Bertz CT molecular complexity index is 704. The molecule has 3 rings (SSSR count). The van der Waals surface area contributed by atoms with Gasteiger partial charge in [-0.15, -0.1) is 0 Å². The summed E-state index contributed by atoms with van der Waals surface area (Å²) in [4.78, 5) is 13.0. The molecule has 2 aromatic rings. The van der Waals surface area contributed by atoms with Crippen LogP contribution in [0.1, 0.15) is 81.8 Å². The first-order valence-corrected chi connectivity index (χ1v) is 11.1. The summed E-state index contributed by atoms with van der Waals surface area (Å²) in [7, 11) is 0. The molecule has 0 radical (unpaired) electrons. The molecular formula is C26H34O2. The smallest absolute Gasteiger partial charge is 0.144 e. The van der Waals surface area contributed by atoms with E-state index in [9.17, 15) is 4.79 Å². The second-order valence-electron chi connectivity index (χ2n) is 7.85. The minimum absolute atomic E-state index is 0.0576. The molecule has 0 N–H and O–H groups in total. The van der Waals surface area contributed by atoms with E-state index in [4.69, 9.17) is 4.74 Å². The Morgan fingerprint density at radius 1 is 0.750 bits per heavy atom. The minimum atomic E-state index is -0.0576. The summed E-state index contributed by atoms with van der Waals surface area (Å²) >= 11 is 0. The topological polar surface area (TPSA) is 26.3 Å². The van der Waals surface area contributed by atoms with Crippen LogP contribution in [0.5, 0.6) is 0 Å². The van der Waals surface area contributed by atoms with Crippen molar-refractivity contribution in [2.45, 2.75) is 70.6 Å². The van der Waals surface area contributed by atoms with Crippen molar-refractivity contribution in [1.82, 2.24) is 0 Å². The van der Waals surface area contributed by atoms with Gasteiger partial charge in [-0.1, -0.05) is 87.1 Å². The van der Waals surface area contributed by atoms with Crippen LogP contribution in [0.3, 0.4) is 0 Å². The largest absolute Gasteiger partial charge is 0.382 e. The quantitative estimate of drug-likeness (QED) is 0.354. The van der Waals surface area contributed by atoms with E-state index in [0.717, 1.165) is 19.6 Å². The van der Waals surface area contributed by atoms with E-state index in [0.29, 0.717) is 12.2 Å². The van der Waals surface area contributed by atoms with Gasteiger partial charge in [-0.05, 0) is 42.0 Å². The summed E-state index contributed by atoms with van der Waals surface area (Å²) in [5, 5.41) is 0. The zero-order valence-electron chi connectivity index (χ0n) is 17.3. The van der Waals surface area contributed by atoms with E-state index >= 15 is 0 Å². The van der Waals surface area contributed by atoms with Gasteiger partial charge in [-0.3, -0.25) is 4.79 Å². The van der Waals surface area contributed by atoms with Crippen molar-refractivity contribution < 1.29 is 9.53 Å². The standard InChI is InChI=1S/C26H34O2/c1-2-28-20-14-8-6-4-3-5-7-9-19-25(27)26-23-17-12-10-15-21(23)22-16-11-13-18-24(22)26/h10-13,15-18,26H,2-9,14,19-20H2,1H3. The van der Waals surface area contributed by atoms with Crippen molar-refractivity contribution in [3.63, 3.8) is 0 Å². The fourth-order valence-electron chi connectivity index (χ4n) is 4.36. The number of fused-ring (bicyclic) bond motifs is 3. The van der Waals surface area contributed by atoms with E-state index in [2.05, 4.69) is 55.5 Å². The summed E-state index contributed by atoms with van der Waals surface area (Å²) in [5.74, 6) is 0.325. The van der Waals surface area contributed by atoms with Gasteiger partial charge in [0.25, 0.3) is 0 Å². The molecule has 2 aromatic carbocycles. The molecule has 1 aliphatic carbocycles. The fourth-order valence-corrected chi connectivity index (χ4v) is 4.36. The van der Waals surface area contributed by atoms with Gasteiger partial charge in [0, 0.05) is 19.6 Å². The van der Waals surface area contributed by atoms with Gasteiger partial charge in [-0.2, -0.15) is 0 Å². The van der Waals surface area contributed by atoms with Crippen LogP contribution in [0.2, 0.25) is 0 Å². The predicted molar refractivity (Wildman–Crippen MR) is 117 cm³/mol. The third-order valence-corrected chi connectivity index (χ3v) is 5.82. The van der Waals surface area contributed by atoms with E-state index < -0.39 is 0 Å². The maximum atomic E-state index is 13.0. The van der Waals surface area contributed by atoms with Crippen molar-refractivity contribution >= 4 is 5.78 Å². The highest BCUT2D eigenvalue weighted by molar-refractivity contribution is 5.97. The first-order valence-electron chi connectivity index (χ1n) is 11.1. The van der Waals surface area contributed by atoms with Gasteiger partial charge in [0.15, 0.2) is 0 Å².